The van der Waals surface area contributed by atoms with Crippen molar-refractivity contribution in [1.29, 1.82) is 0 Å². The summed E-state index contributed by atoms with van der Waals surface area (Å²) in [6, 6.07) is 1.33. The number of thiazole rings is 1. The lowest BCUT2D eigenvalue weighted by Crippen LogP contribution is -2.25. The van der Waals surface area contributed by atoms with Gasteiger partial charge in [-0.25, -0.2) is 4.98 Å². The number of nitrogens with one attached hydrogen (secondary N) is 1. The Kier molecular flexibility index (Phi) is 2.79. The highest BCUT2D eigenvalue weighted by atomic mass is 32.1. The predicted octanol–water partition coefficient (Wildman–Crippen LogP) is 3.64. The number of aromatic nitrogens is 1. The molecule has 0 aromatic carbocycles. The van der Waals surface area contributed by atoms with Gasteiger partial charge in [-0.1, -0.05) is 20.8 Å². The first-order valence-corrected chi connectivity index (χ1v) is 7.64. The average Bonchev–Trinajstić information content (AvgIpc) is 3.13. The highest BCUT2D eigenvalue weighted by Gasteiger charge is 2.37. The van der Waals surface area contributed by atoms with Gasteiger partial charge in [-0.05, 0) is 31.6 Å². The molecular weight excluding hydrogens is 228 g/mol. The van der Waals surface area contributed by atoms with Crippen LogP contribution in [0.5, 0.6) is 0 Å². The summed E-state index contributed by atoms with van der Waals surface area (Å²) in [5.74, 6) is 0.856. The summed E-state index contributed by atoms with van der Waals surface area (Å²) in [5, 5.41) is 7.35. The van der Waals surface area contributed by atoms with Crippen LogP contribution >= 0.6 is 11.3 Å². The van der Waals surface area contributed by atoms with E-state index in [4.69, 9.17) is 4.98 Å². The molecule has 0 saturated heterocycles. The van der Waals surface area contributed by atoms with Gasteiger partial charge in [-0.3, -0.25) is 0 Å². The molecule has 0 spiro atoms. The molecule has 3 rings (SSSR count). The molecule has 1 heterocycles. The largest absolute Gasteiger partial charge is 0.305 e. The third-order valence-electron chi connectivity index (χ3n) is 3.64. The molecule has 0 aliphatic heterocycles. The summed E-state index contributed by atoms with van der Waals surface area (Å²) in [7, 11) is 0. The minimum Gasteiger partial charge on any atom is -0.305 e. The first-order chi connectivity index (χ1) is 8.04. The average molecular weight is 250 g/mol. The summed E-state index contributed by atoms with van der Waals surface area (Å²) < 4.78 is 0. The Bertz CT molecular complexity index is 397. The lowest BCUT2D eigenvalue weighted by molar-refractivity contribution is 0.471. The molecule has 1 atom stereocenters. The third kappa shape index (κ3) is 2.71. The fourth-order valence-electron chi connectivity index (χ4n) is 2.12. The molecule has 1 unspecified atom stereocenters. The van der Waals surface area contributed by atoms with Gasteiger partial charge in [0.05, 0.1) is 11.7 Å². The molecule has 0 bridgehead atoms. The molecule has 1 aromatic rings. The van der Waals surface area contributed by atoms with E-state index < -0.39 is 0 Å². The number of nitrogens with zero attached hydrogens (tertiary/aromatic N) is 1. The van der Waals surface area contributed by atoms with Crippen LogP contribution in [0.15, 0.2) is 5.38 Å². The van der Waals surface area contributed by atoms with Crippen molar-refractivity contribution in [3.63, 3.8) is 0 Å². The molecular formula is C14H22N2S. The summed E-state index contributed by atoms with van der Waals surface area (Å²) >= 11 is 1.85. The number of rotatable bonds is 4. The fraction of sp³-hybridized carbons (Fsp3) is 0.786. The van der Waals surface area contributed by atoms with Gasteiger partial charge < -0.3 is 5.32 Å². The molecule has 0 amide bonds. The van der Waals surface area contributed by atoms with E-state index in [1.165, 1.54) is 36.4 Å². The van der Waals surface area contributed by atoms with Gasteiger partial charge >= 0.3 is 0 Å². The molecule has 2 fully saturated rings. The van der Waals surface area contributed by atoms with Gasteiger partial charge in [0.1, 0.15) is 5.01 Å². The molecule has 2 nitrogen and oxygen atoms in total. The van der Waals surface area contributed by atoms with Crippen LogP contribution in [-0.4, -0.2) is 11.0 Å². The molecule has 1 N–H and O–H groups in total. The maximum atomic E-state index is 4.88. The Hall–Kier alpha value is -0.410. The third-order valence-corrected chi connectivity index (χ3v) is 4.57. The van der Waals surface area contributed by atoms with Crippen molar-refractivity contribution in [1.82, 2.24) is 10.3 Å². The molecule has 3 heteroatoms. The minimum absolute atomic E-state index is 0.183. The van der Waals surface area contributed by atoms with E-state index in [9.17, 15) is 0 Å². The van der Waals surface area contributed by atoms with Gasteiger partial charge in [0.25, 0.3) is 0 Å². The van der Waals surface area contributed by atoms with Crippen LogP contribution in [0.1, 0.15) is 63.2 Å². The molecule has 1 aromatic heterocycles. The van der Waals surface area contributed by atoms with Gasteiger partial charge in [-0.2, -0.15) is 0 Å². The van der Waals surface area contributed by atoms with Crippen LogP contribution in [0.4, 0.5) is 0 Å². The van der Waals surface area contributed by atoms with E-state index in [0.717, 1.165) is 12.0 Å². The maximum Gasteiger partial charge on any atom is 0.110 e. The second-order valence-corrected chi connectivity index (χ2v) is 7.47. The van der Waals surface area contributed by atoms with Crippen molar-refractivity contribution in [2.75, 3.05) is 0 Å². The molecule has 0 radical (unpaired) electrons. The molecule has 2 aliphatic rings. The first kappa shape index (κ1) is 11.7. The summed E-state index contributed by atoms with van der Waals surface area (Å²) in [5.41, 5.74) is 1.43. The van der Waals surface area contributed by atoms with Crippen molar-refractivity contribution in [3.8, 4) is 0 Å². The lowest BCUT2D eigenvalue weighted by Gasteiger charge is -2.17. The smallest absolute Gasteiger partial charge is 0.110 e. The van der Waals surface area contributed by atoms with Crippen LogP contribution in [0.25, 0.3) is 0 Å². The van der Waals surface area contributed by atoms with Crippen molar-refractivity contribution in [3.05, 3.63) is 16.1 Å². The number of hydrogen-bond donors (Lipinski definition) is 1. The van der Waals surface area contributed by atoms with E-state index in [-0.39, 0.29) is 5.41 Å². The predicted molar refractivity (Wildman–Crippen MR) is 72.4 cm³/mol. The monoisotopic (exact) mass is 250 g/mol. The lowest BCUT2D eigenvalue weighted by atomic mass is 9.93. The Labute approximate surface area is 108 Å². The second kappa shape index (κ2) is 4.06. The summed E-state index contributed by atoms with van der Waals surface area (Å²) in [6.45, 7) is 6.73. The Morgan fingerprint density at radius 1 is 1.29 bits per heavy atom. The Morgan fingerprint density at radius 3 is 2.47 bits per heavy atom. The second-order valence-electron chi connectivity index (χ2n) is 6.58. The summed E-state index contributed by atoms with van der Waals surface area (Å²) in [4.78, 5) is 4.88. The highest BCUT2D eigenvalue weighted by molar-refractivity contribution is 7.09. The zero-order valence-corrected chi connectivity index (χ0v) is 11.8. The van der Waals surface area contributed by atoms with Crippen LogP contribution in [0.3, 0.4) is 0 Å². The van der Waals surface area contributed by atoms with E-state index in [2.05, 4.69) is 31.5 Å². The molecule has 94 valence electrons. The molecule has 2 saturated carbocycles. The minimum atomic E-state index is 0.183. The summed E-state index contributed by atoms with van der Waals surface area (Å²) in [6.07, 6.45) is 5.49. The van der Waals surface area contributed by atoms with Crippen LogP contribution < -0.4 is 5.32 Å². The van der Waals surface area contributed by atoms with Crippen molar-refractivity contribution < 1.29 is 0 Å². The standard InChI is InChI=1S/C14H22N2S/c1-14(2,3)11-8-17-13(16-11)12(9-4-5-9)15-10-6-7-10/h8-10,12,15H,4-7H2,1-3H3. The molecule has 17 heavy (non-hydrogen) atoms. The maximum absolute atomic E-state index is 4.88. The van der Waals surface area contributed by atoms with Gasteiger partial charge in [0.15, 0.2) is 0 Å². The van der Waals surface area contributed by atoms with E-state index in [1.54, 1.807) is 0 Å². The van der Waals surface area contributed by atoms with Gasteiger partial charge in [0, 0.05) is 16.8 Å². The normalized spacial score (nSPS) is 22.8. The fourth-order valence-corrected chi connectivity index (χ4v) is 3.31. The van der Waals surface area contributed by atoms with E-state index in [0.29, 0.717) is 6.04 Å². The highest BCUT2D eigenvalue weighted by Crippen LogP contribution is 2.44. The first-order valence-electron chi connectivity index (χ1n) is 6.76. The zero-order chi connectivity index (χ0) is 12.0. The van der Waals surface area contributed by atoms with Crippen LogP contribution in [0, 0.1) is 5.92 Å². The quantitative estimate of drug-likeness (QED) is 0.882. The van der Waals surface area contributed by atoms with E-state index in [1.807, 2.05) is 11.3 Å². The Morgan fingerprint density at radius 2 is 2.00 bits per heavy atom. The van der Waals surface area contributed by atoms with Crippen molar-refractivity contribution >= 4 is 11.3 Å². The van der Waals surface area contributed by atoms with Gasteiger partial charge in [0.2, 0.25) is 0 Å². The Balaban J connectivity index is 1.77. The topological polar surface area (TPSA) is 24.9 Å². The van der Waals surface area contributed by atoms with Crippen LogP contribution in [0.2, 0.25) is 0 Å². The molecule has 2 aliphatic carbocycles. The zero-order valence-electron chi connectivity index (χ0n) is 11.0. The SMILES string of the molecule is CC(C)(C)c1csc(C(NC2CC2)C2CC2)n1. The number of hydrogen-bond acceptors (Lipinski definition) is 3. The van der Waals surface area contributed by atoms with E-state index >= 15 is 0 Å². The van der Waals surface area contributed by atoms with Crippen molar-refractivity contribution in [2.45, 2.75) is 64.0 Å². The van der Waals surface area contributed by atoms with Gasteiger partial charge in [-0.15, -0.1) is 11.3 Å². The van der Waals surface area contributed by atoms with Crippen LogP contribution in [-0.2, 0) is 5.41 Å². The van der Waals surface area contributed by atoms with Crippen molar-refractivity contribution in [2.24, 2.45) is 5.92 Å².